The second-order valence-electron chi connectivity index (χ2n) is 5.60. The van der Waals surface area contributed by atoms with Gasteiger partial charge in [0, 0.05) is 18.0 Å². The maximum atomic E-state index is 12.0. The molecule has 3 aromatic rings. The van der Waals surface area contributed by atoms with E-state index in [1.165, 1.54) is 30.0 Å². The number of esters is 1. The summed E-state index contributed by atoms with van der Waals surface area (Å²) in [6.07, 6.45) is 1.43. The Hall–Kier alpha value is -4.32. The van der Waals surface area contributed by atoms with Crippen LogP contribution in [0, 0.1) is 21.4 Å². The summed E-state index contributed by atoms with van der Waals surface area (Å²) in [5.41, 5.74) is 6.44. The monoisotopic (exact) mass is 378 g/mol. The third-order valence-corrected chi connectivity index (χ3v) is 3.95. The van der Waals surface area contributed by atoms with Crippen LogP contribution < -0.4 is 10.5 Å². The lowest BCUT2D eigenvalue weighted by Gasteiger charge is -2.10. The van der Waals surface area contributed by atoms with E-state index in [2.05, 4.69) is 0 Å². The Balaban J connectivity index is 1.96. The number of nitro groups is 1. The maximum absolute atomic E-state index is 12.0. The number of nitriles is 1. The molecule has 0 amide bonds. The minimum Gasteiger partial charge on any atom is -0.464 e. The van der Waals surface area contributed by atoms with Gasteiger partial charge in [0.25, 0.3) is 0 Å². The number of ether oxygens (including phenoxy) is 2. The van der Waals surface area contributed by atoms with Crippen LogP contribution in [0.15, 0.2) is 54.7 Å². The Morgan fingerprint density at radius 2 is 1.89 bits per heavy atom. The first-order chi connectivity index (χ1) is 13.5. The van der Waals surface area contributed by atoms with Gasteiger partial charge in [-0.2, -0.15) is 5.26 Å². The largest absolute Gasteiger partial charge is 0.464 e. The lowest BCUT2D eigenvalue weighted by molar-refractivity contribution is -0.385. The highest BCUT2D eigenvalue weighted by Gasteiger charge is 2.22. The SMILES string of the molecule is COC(=O)c1c(N)c(C#N)cn1-c1ccc(Oc2ccccc2[N+](=O)[O-])cc1. The van der Waals surface area contributed by atoms with E-state index in [4.69, 9.17) is 20.5 Å². The molecule has 2 aromatic carbocycles. The second-order valence-corrected chi connectivity index (χ2v) is 5.60. The van der Waals surface area contributed by atoms with Crippen molar-refractivity contribution >= 4 is 17.3 Å². The first-order valence-corrected chi connectivity index (χ1v) is 7.97. The zero-order valence-electron chi connectivity index (χ0n) is 14.7. The van der Waals surface area contributed by atoms with Gasteiger partial charge in [-0.1, -0.05) is 12.1 Å². The minimum absolute atomic E-state index is 0.0228. The molecule has 140 valence electrons. The molecule has 1 aromatic heterocycles. The van der Waals surface area contributed by atoms with E-state index >= 15 is 0 Å². The van der Waals surface area contributed by atoms with E-state index in [-0.39, 0.29) is 28.4 Å². The highest BCUT2D eigenvalue weighted by molar-refractivity contribution is 5.95. The number of nitrogens with two attached hydrogens (primary N) is 1. The number of rotatable bonds is 5. The van der Waals surface area contributed by atoms with Gasteiger partial charge in [0.1, 0.15) is 11.8 Å². The van der Waals surface area contributed by atoms with Crippen molar-refractivity contribution in [1.82, 2.24) is 4.57 Å². The predicted molar refractivity (Wildman–Crippen MR) is 99.4 cm³/mol. The summed E-state index contributed by atoms with van der Waals surface area (Å²) >= 11 is 0. The summed E-state index contributed by atoms with van der Waals surface area (Å²) in [6, 6.07) is 14.3. The normalized spacial score (nSPS) is 10.1. The van der Waals surface area contributed by atoms with Crippen LogP contribution in [-0.4, -0.2) is 22.6 Å². The summed E-state index contributed by atoms with van der Waals surface area (Å²) < 4.78 is 11.8. The molecule has 1 heterocycles. The molecular formula is C19H14N4O5. The van der Waals surface area contributed by atoms with Crippen LogP contribution in [0.5, 0.6) is 11.5 Å². The molecule has 9 nitrogen and oxygen atoms in total. The Morgan fingerprint density at radius 1 is 1.21 bits per heavy atom. The number of carbonyl (C=O) groups is 1. The van der Waals surface area contributed by atoms with Gasteiger partial charge in [0.2, 0.25) is 5.75 Å². The van der Waals surface area contributed by atoms with Crippen LogP contribution >= 0.6 is 0 Å². The molecule has 0 saturated carbocycles. The molecule has 0 aliphatic carbocycles. The van der Waals surface area contributed by atoms with Crippen molar-refractivity contribution < 1.29 is 19.2 Å². The topological polar surface area (TPSA) is 133 Å². The number of nitrogens with zero attached hydrogens (tertiary/aromatic N) is 3. The minimum atomic E-state index is -0.681. The van der Waals surface area contributed by atoms with Gasteiger partial charge < -0.3 is 19.8 Å². The number of nitrogen functional groups attached to an aromatic ring is 1. The molecular weight excluding hydrogens is 364 g/mol. The standard InChI is InChI=1S/C19H14N4O5/c1-27-19(24)18-17(21)12(10-20)11-22(18)13-6-8-14(9-7-13)28-16-5-3-2-4-15(16)23(25)26/h2-9,11H,21H2,1H3. The van der Waals surface area contributed by atoms with Gasteiger partial charge in [-0.3, -0.25) is 10.1 Å². The third kappa shape index (κ3) is 3.34. The molecule has 9 heteroatoms. The second kappa shape index (κ2) is 7.51. The van der Waals surface area contributed by atoms with Gasteiger partial charge in [-0.05, 0) is 30.3 Å². The molecule has 0 aliphatic heterocycles. The highest BCUT2D eigenvalue weighted by atomic mass is 16.6. The summed E-state index contributed by atoms with van der Waals surface area (Å²) in [7, 11) is 1.22. The Labute approximate surface area is 159 Å². The summed E-state index contributed by atoms with van der Waals surface area (Å²) in [5.74, 6) is -0.218. The average molecular weight is 378 g/mol. The highest BCUT2D eigenvalue weighted by Crippen LogP contribution is 2.32. The number of para-hydroxylation sites is 2. The molecule has 0 radical (unpaired) electrons. The van der Waals surface area contributed by atoms with Crippen molar-refractivity contribution in [3.05, 3.63) is 76.1 Å². The Bertz CT molecular complexity index is 1100. The molecule has 28 heavy (non-hydrogen) atoms. The van der Waals surface area contributed by atoms with Crippen molar-refractivity contribution in [2.75, 3.05) is 12.8 Å². The number of carbonyl (C=O) groups excluding carboxylic acids is 1. The smallest absolute Gasteiger partial charge is 0.357 e. The summed E-state index contributed by atoms with van der Waals surface area (Å²) in [6.45, 7) is 0. The van der Waals surface area contributed by atoms with Crippen LogP contribution in [0.1, 0.15) is 16.1 Å². The van der Waals surface area contributed by atoms with Crippen LogP contribution in [0.2, 0.25) is 0 Å². The van der Waals surface area contributed by atoms with Crippen LogP contribution in [0.25, 0.3) is 5.69 Å². The molecule has 0 atom stereocenters. The van der Waals surface area contributed by atoms with Crippen molar-refractivity contribution in [3.8, 4) is 23.3 Å². The molecule has 0 saturated heterocycles. The number of benzene rings is 2. The van der Waals surface area contributed by atoms with Crippen LogP contribution in [0.3, 0.4) is 0 Å². The van der Waals surface area contributed by atoms with E-state index in [0.29, 0.717) is 11.4 Å². The molecule has 0 aliphatic rings. The molecule has 0 unspecified atom stereocenters. The number of anilines is 1. The van der Waals surface area contributed by atoms with Crippen molar-refractivity contribution in [2.24, 2.45) is 0 Å². The van der Waals surface area contributed by atoms with Crippen LogP contribution in [-0.2, 0) is 4.74 Å². The molecule has 0 bridgehead atoms. The number of hydrogen-bond donors (Lipinski definition) is 1. The zero-order chi connectivity index (χ0) is 20.3. The first kappa shape index (κ1) is 18.5. The average Bonchev–Trinajstić information content (AvgIpc) is 3.04. The summed E-state index contributed by atoms with van der Waals surface area (Å²) in [5, 5.41) is 20.3. The summed E-state index contributed by atoms with van der Waals surface area (Å²) in [4.78, 5) is 22.6. The van der Waals surface area contributed by atoms with E-state index in [0.717, 1.165) is 0 Å². The Kier molecular flexibility index (Phi) is 4.95. The van der Waals surface area contributed by atoms with Gasteiger partial charge in [-0.15, -0.1) is 0 Å². The zero-order valence-corrected chi connectivity index (χ0v) is 14.7. The van der Waals surface area contributed by atoms with E-state index in [9.17, 15) is 14.9 Å². The van der Waals surface area contributed by atoms with E-state index in [1.807, 2.05) is 6.07 Å². The fourth-order valence-corrected chi connectivity index (χ4v) is 2.61. The molecule has 0 fully saturated rings. The number of aromatic nitrogens is 1. The first-order valence-electron chi connectivity index (χ1n) is 7.97. The van der Waals surface area contributed by atoms with Crippen molar-refractivity contribution in [2.45, 2.75) is 0 Å². The van der Waals surface area contributed by atoms with Crippen LogP contribution in [0.4, 0.5) is 11.4 Å². The molecule has 3 rings (SSSR count). The number of nitro benzene ring substituents is 1. The van der Waals surface area contributed by atoms with Gasteiger partial charge in [-0.25, -0.2) is 4.79 Å². The predicted octanol–water partition coefficient (Wildman–Crippen LogP) is 3.42. The van der Waals surface area contributed by atoms with Gasteiger partial charge in [0.15, 0.2) is 5.69 Å². The Morgan fingerprint density at radius 3 is 2.50 bits per heavy atom. The number of hydrogen-bond acceptors (Lipinski definition) is 7. The van der Waals surface area contributed by atoms with Gasteiger partial charge >= 0.3 is 11.7 Å². The lowest BCUT2D eigenvalue weighted by Crippen LogP contribution is -2.11. The van der Waals surface area contributed by atoms with Crippen molar-refractivity contribution in [1.29, 1.82) is 5.26 Å². The number of methoxy groups -OCH3 is 1. The van der Waals surface area contributed by atoms with Gasteiger partial charge in [0.05, 0.1) is 23.3 Å². The van der Waals surface area contributed by atoms with E-state index in [1.54, 1.807) is 36.4 Å². The third-order valence-electron chi connectivity index (χ3n) is 3.95. The molecule has 2 N–H and O–H groups in total. The quantitative estimate of drug-likeness (QED) is 0.408. The maximum Gasteiger partial charge on any atom is 0.357 e. The van der Waals surface area contributed by atoms with E-state index < -0.39 is 10.9 Å². The molecule has 0 spiro atoms. The lowest BCUT2D eigenvalue weighted by atomic mass is 10.2. The van der Waals surface area contributed by atoms with Crippen molar-refractivity contribution in [3.63, 3.8) is 0 Å². The fourth-order valence-electron chi connectivity index (χ4n) is 2.61. The fraction of sp³-hybridized carbons (Fsp3) is 0.0526.